The molecule has 0 bridgehead atoms. The van der Waals surface area contributed by atoms with Crippen molar-refractivity contribution in [2.75, 3.05) is 20.3 Å². The topological polar surface area (TPSA) is 66.4 Å². The molecule has 6 atom stereocenters. The first-order valence-electron chi connectivity index (χ1n) is 12.0. The quantitative estimate of drug-likeness (QED) is 0.518. The average Bonchev–Trinajstić information content (AvgIpc) is 3.23. The number of rotatable bonds is 9. The molecule has 31 heavy (non-hydrogen) atoms. The predicted molar refractivity (Wildman–Crippen MR) is 124 cm³/mol. The Bertz CT molecular complexity index is 532. The first-order chi connectivity index (χ1) is 14.1. The van der Waals surface area contributed by atoms with Crippen LogP contribution in [0.2, 0.25) is 0 Å². The van der Waals surface area contributed by atoms with Gasteiger partial charge in [-0.15, -0.1) is 0 Å². The summed E-state index contributed by atoms with van der Waals surface area (Å²) in [4.78, 5) is 0. The van der Waals surface area contributed by atoms with Crippen molar-refractivity contribution in [3.05, 3.63) is 0 Å². The van der Waals surface area contributed by atoms with E-state index in [0.717, 1.165) is 25.7 Å². The van der Waals surface area contributed by atoms with Crippen molar-refractivity contribution in [1.82, 2.24) is 0 Å². The van der Waals surface area contributed by atoms with Crippen molar-refractivity contribution in [2.45, 2.75) is 130 Å². The van der Waals surface area contributed by atoms with Crippen LogP contribution in [-0.2, 0) is 23.7 Å². The minimum Gasteiger partial charge on any atom is -0.387 e. The van der Waals surface area contributed by atoms with Gasteiger partial charge in [0.15, 0.2) is 11.6 Å². The van der Waals surface area contributed by atoms with Gasteiger partial charge >= 0.3 is 0 Å². The summed E-state index contributed by atoms with van der Waals surface area (Å²) in [6, 6.07) is 0. The molecule has 2 aliphatic rings. The highest BCUT2D eigenvalue weighted by Gasteiger charge is 2.45. The van der Waals surface area contributed by atoms with E-state index < -0.39 is 17.2 Å². The fourth-order valence-corrected chi connectivity index (χ4v) is 4.15. The summed E-state index contributed by atoms with van der Waals surface area (Å²) in [6.07, 6.45) is 3.82. The Labute approximate surface area is 191 Å². The molecular weight excluding hydrogens is 396 g/mol. The molecule has 0 aromatic carbocycles. The Kier molecular flexibility index (Phi) is 10.5. The van der Waals surface area contributed by atoms with Gasteiger partial charge in [-0.2, -0.15) is 0 Å². The third kappa shape index (κ3) is 8.90. The van der Waals surface area contributed by atoms with Crippen LogP contribution in [0.15, 0.2) is 0 Å². The van der Waals surface area contributed by atoms with E-state index in [9.17, 15) is 5.11 Å². The highest BCUT2D eigenvalue weighted by atomic mass is 16.8. The van der Waals surface area contributed by atoms with Gasteiger partial charge in [-0.05, 0) is 66.2 Å². The van der Waals surface area contributed by atoms with E-state index in [-0.39, 0.29) is 17.8 Å². The van der Waals surface area contributed by atoms with Crippen LogP contribution in [0.4, 0.5) is 0 Å². The molecule has 6 nitrogen and oxygen atoms in total. The Hall–Kier alpha value is -0.240. The molecule has 2 heterocycles. The van der Waals surface area contributed by atoms with E-state index in [2.05, 4.69) is 34.6 Å². The molecular formula is C25H50O6. The molecule has 0 aromatic heterocycles. The minimum absolute atomic E-state index is 0.0292. The first kappa shape index (κ1) is 28.8. The second-order valence-corrected chi connectivity index (χ2v) is 10.9. The van der Waals surface area contributed by atoms with Crippen LogP contribution in [0.5, 0.6) is 0 Å². The predicted octanol–water partition coefficient (Wildman–Crippen LogP) is 5.30. The molecule has 0 saturated carbocycles. The number of hydrogen-bond donors (Lipinski definition) is 1. The van der Waals surface area contributed by atoms with E-state index >= 15 is 0 Å². The molecule has 0 unspecified atom stereocenters. The highest BCUT2D eigenvalue weighted by molar-refractivity contribution is 4.91. The number of ether oxygens (including phenoxy) is 5. The molecule has 0 aliphatic carbocycles. The van der Waals surface area contributed by atoms with Crippen molar-refractivity contribution in [2.24, 2.45) is 11.8 Å². The zero-order chi connectivity index (χ0) is 24.1. The van der Waals surface area contributed by atoms with Crippen molar-refractivity contribution in [3.8, 4) is 0 Å². The Morgan fingerprint density at radius 1 is 0.871 bits per heavy atom. The summed E-state index contributed by atoms with van der Waals surface area (Å²) in [6.45, 7) is 21.5. The lowest BCUT2D eigenvalue weighted by Gasteiger charge is -2.35. The van der Waals surface area contributed by atoms with Gasteiger partial charge < -0.3 is 28.8 Å². The second-order valence-electron chi connectivity index (χ2n) is 10.9. The van der Waals surface area contributed by atoms with E-state index in [0.29, 0.717) is 25.0 Å². The smallest absolute Gasteiger partial charge is 0.163 e. The number of aliphatic hydroxyl groups is 1. The zero-order valence-electron chi connectivity index (χ0n) is 22.0. The lowest BCUT2D eigenvalue weighted by atomic mass is 9.87. The number of methoxy groups -OCH3 is 1. The van der Waals surface area contributed by atoms with E-state index in [1.54, 1.807) is 7.11 Å². The number of hydrogen-bond acceptors (Lipinski definition) is 6. The standard InChI is InChI=1S/C13H26O3.C12H24O3/c1-7-10(2)8-13(5,14-6)11-9-15-12(3,4)16-11;1-6-9(2)7-12(5,13)10-8-14-11(3,4)15-10/h10-11H,7-9H2,1-6H3;9-10,13H,6-8H2,1-5H3/t10-,11+,13+;9-,10+,12+/m00/s1. The van der Waals surface area contributed by atoms with Gasteiger partial charge in [-0.3, -0.25) is 0 Å². The van der Waals surface area contributed by atoms with Gasteiger partial charge in [0.25, 0.3) is 0 Å². The zero-order valence-corrected chi connectivity index (χ0v) is 22.0. The maximum absolute atomic E-state index is 10.3. The van der Waals surface area contributed by atoms with Gasteiger partial charge in [0.1, 0.15) is 12.2 Å². The molecule has 1 N–H and O–H groups in total. The maximum Gasteiger partial charge on any atom is 0.163 e. The lowest BCUT2D eigenvalue weighted by Crippen LogP contribution is -2.45. The van der Waals surface area contributed by atoms with E-state index in [4.69, 9.17) is 23.7 Å². The van der Waals surface area contributed by atoms with Gasteiger partial charge in [0.05, 0.1) is 24.4 Å². The maximum atomic E-state index is 10.3. The van der Waals surface area contributed by atoms with Crippen LogP contribution >= 0.6 is 0 Å². The Morgan fingerprint density at radius 3 is 1.65 bits per heavy atom. The largest absolute Gasteiger partial charge is 0.387 e. The van der Waals surface area contributed by atoms with Crippen LogP contribution in [0.3, 0.4) is 0 Å². The van der Waals surface area contributed by atoms with Crippen molar-refractivity contribution in [3.63, 3.8) is 0 Å². The summed E-state index contributed by atoms with van der Waals surface area (Å²) in [5.74, 6) is 0.119. The van der Waals surface area contributed by atoms with Crippen molar-refractivity contribution in [1.29, 1.82) is 0 Å². The molecule has 2 fully saturated rings. The van der Waals surface area contributed by atoms with Crippen LogP contribution in [0.25, 0.3) is 0 Å². The summed E-state index contributed by atoms with van der Waals surface area (Å²) in [7, 11) is 1.76. The second kappa shape index (κ2) is 11.3. The molecule has 0 spiro atoms. The molecule has 0 amide bonds. The van der Waals surface area contributed by atoms with Crippen LogP contribution < -0.4 is 0 Å². The van der Waals surface area contributed by atoms with Gasteiger partial charge in [-0.25, -0.2) is 0 Å². The van der Waals surface area contributed by atoms with Gasteiger partial charge in [0, 0.05) is 7.11 Å². The average molecular weight is 447 g/mol. The van der Waals surface area contributed by atoms with Crippen molar-refractivity contribution >= 4 is 0 Å². The molecule has 0 radical (unpaired) electrons. The minimum atomic E-state index is -0.788. The van der Waals surface area contributed by atoms with Crippen LogP contribution in [0.1, 0.15) is 94.9 Å². The SMILES string of the molecule is CC[C@H](C)C[C@@](C)(O)[C@H]1COC(C)(C)O1.CC[C@H](C)C[C@@](C)(OC)[C@H]1COC(C)(C)O1. The summed E-state index contributed by atoms with van der Waals surface area (Å²) >= 11 is 0. The van der Waals surface area contributed by atoms with E-state index in [1.807, 2.05) is 34.6 Å². The van der Waals surface area contributed by atoms with Gasteiger partial charge in [0.2, 0.25) is 0 Å². The van der Waals surface area contributed by atoms with Crippen LogP contribution in [-0.4, -0.2) is 60.4 Å². The molecule has 6 heteroatoms. The summed E-state index contributed by atoms with van der Waals surface area (Å²) in [5.41, 5.74) is -1.04. The third-order valence-electron chi connectivity index (χ3n) is 6.77. The lowest BCUT2D eigenvalue weighted by molar-refractivity contribution is -0.176. The first-order valence-corrected chi connectivity index (χ1v) is 12.0. The monoisotopic (exact) mass is 446 g/mol. The highest BCUT2D eigenvalue weighted by Crippen LogP contribution is 2.35. The van der Waals surface area contributed by atoms with E-state index in [1.165, 1.54) is 0 Å². The summed E-state index contributed by atoms with van der Waals surface area (Å²) < 4.78 is 28.4. The normalized spacial score (nSPS) is 30.6. The Morgan fingerprint density at radius 2 is 1.29 bits per heavy atom. The van der Waals surface area contributed by atoms with Gasteiger partial charge in [-0.1, -0.05) is 40.5 Å². The van der Waals surface area contributed by atoms with Crippen LogP contribution in [0, 0.1) is 11.8 Å². The molecule has 0 aromatic rings. The fourth-order valence-electron chi connectivity index (χ4n) is 4.15. The summed E-state index contributed by atoms with van der Waals surface area (Å²) in [5, 5.41) is 10.3. The van der Waals surface area contributed by atoms with Crippen molar-refractivity contribution < 1.29 is 28.8 Å². The molecule has 2 rings (SSSR count). The molecule has 186 valence electrons. The fraction of sp³-hybridized carbons (Fsp3) is 1.00. The molecule has 2 saturated heterocycles. The third-order valence-corrected chi connectivity index (χ3v) is 6.77. The Balaban J connectivity index is 0.000000311. The molecule has 2 aliphatic heterocycles.